The Bertz CT molecular complexity index is 478. The number of aryl methyl sites for hydroxylation is 1. The Morgan fingerprint density at radius 3 is 2.95 bits per heavy atom. The van der Waals surface area contributed by atoms with Crippen molar-refractivity contribution in [3.8, 4) is 6.07 Å². The van der Waals surface area contributed by atoms with E-state index in [1.54, 1.807) is 0 Å². The highest BCUT2D eigenvalue weighted by Crippen LogP contribution is 2.35. The first kappa shape index (κ1) is 13.9. The topological polar surface area (TPSA) is 36.9 Å². The summed E-state index contributed by atoms with van der Waals surface area (Å²) in [7, 11) is 0. The van der Waals surface area contributed by atoms with Crippen LogP contribution in [-0.2, 0) is 19.3 Å². The largest absolute Gasteiger partial charge is 0.465 e. The molecule has 1 atom stereocenters. The van der Waals surface area contributed by atoms with E-state index in [2.05, 4.69) is 19.6 Å². The summed E-state index contributed by atoms with van der Waals surface area (Å²) in [6.45, 7) is 6.09. The zero-order valence-electron chi connectivity index (χ0n) is 11.9. The van der Waals surface area contributed by atoms with Crippen LogP contribution in [-0.4, -0.2) is 0 Å². The van der Waals surface area contributed by atoms with Gasteiger partial charge in [0.2, 0.25) is 0 Å². The Labute approximate surface area is 116 Å². The fourth-order valence-corrected chi connectivity index (χ4v) is 3.04. The van der Waals surface area contributed by atoms with Crippen LogP contribution < -0.4 is 0 Å². The van der Waals surface area contributed by atoms with Gasteiger partial charge < -0.3 is 4.42 Å². The van der Waals surface area contributed by atoms with E-state index in [1.165, 1.54) is 29.7 Å². The van der Waals surface area contributed by atoms with E-state index < -0.39 is 0 Å². The van der Waals surface area contributed by atoms with E-state index in [0.717, 1.165) is 37.9 Å². The Hall–Kier alpha value is -1.49. The molecule has 19 heavy (non-hydrogen) atoms. The third kappa shape index (κ3) is 3.10. The molecular formula is C17H23NO. The van der Waals surface area contributed by atoms with Gasteiger partial charge in [-0.05, 0) is 44.1 Å². The van der Waals surface area contributed by atoms with Crippen LogP contribution in [0.1, 0.15) is 67.6 Å². The Morgan fingerprint density at radius 2 is 2.21 bits per heavy atom. The van der Waals surface area contributed by atoms with Crippen LogP contribution in [0.5, 0.6) is 0 Å². The van der Waals surface area contributed by atoms with Crippen LogP contribution in [0.25, 0.3) is 0 Å². The van der Waals surface area contributed by atoms with Gasteiger partial charge in [-0.15, -0.1) is 6.58 Å². The lowest BCUT2D eigenvalue weighted by Gasteiger charge is -2.11. The molecule has 1 aromatic rings. The van der Waals surface area contributed by atoms with E-state index in [4.69, 9.17) is 9.68 Å². The summed E-state index contributed by atoms with van der Waals surface area (Å²) in [5, 5.41) is 8.63. The van der Waals surface area contributed by atoms with Crippen LogP contribution in [0.15, 0.2) is 17.1 Å². The van der Waals surface area contributed by atoms with Gasteiger partial charge in [0, 0.05) is 24.3 Å². The number of furan rings is 1. The molecule has 0 spiro atoms. The van der Waals surface area contributed by atoms with Gasteiger partial charge in [0.25, 0.3) is 0 Å². The highest BCUT2D eigenvalue weighted by atomic mass is 16.3. The zero-order chi connectivity index (χ0) is 13.7. The first-order chi connectivity index (χ1) is 9.27. The van der Waals surface area contributed by atoms with Gasteiger partial charge in [-0.25, -0.2) is 0 Å². The fourth-order valence-electron chi connectivity index (χ4n) is 3.04. The van der Waals surface area contributed by atoms with Crippen LogP contribution in [0.3, 0.4) is 0 Å². The minimum atomic E-state index is 0.411. The summed E-state index contributed by atoms with van der Waals surface area (Å²) in [6, 6.07) is 2.22. The molecule has 1 aliphatic rings. The van der Waals surface area contributed by atoms with Crippen molar-refractivity contribution >= 4 is 0 Å². The maximum atomic E-state index is 8.63. The summed E-state index contributed by atoms with van der Waals surface area (Å²) >= 11 is 0. The van der Waals surface area contributed by atoms with Gasteiger partial charge in [0.15, 0.2) is 0 Å². The first-order valence-corrected chi connectivity index (χ1v) is 7.39. The van der Waals surface area contributed by atoms with Crippen molar-refractivity contribution in [1.82, 2.24) is 0 Å². The maximum Gasteiger partial charge on any atom is 0.110 e. The molecule has 2 rings (SSSR count). The summed E-state index contributed by atoms with van der Waals surface area (Å²) in [5.41, 5.74) is 2.84. The number of nitriles is 1. The van der Waals surface area contributed by atoms with Crippen molar-refractivity contribution in [2.45, 2.75) is 64.2 Å². The normalized spacial score (nSPS) is 15.6. The zero-order valence-corrected chi connectivity index (χ0v) is 11.9. The van der Waals surface area contributed by atoms with E-state index in [9.17, 15) is 0 Å². The lowest BCUT2D eigenvalue weighted by Crippen LogP contribution is -2.02. The van der Waals surface area contributed by atoms with Crippen molar-refractivity contribution in [1.29, 1.82) is 5.26 Å². The molecule has 0 fully saturated rings. The Balaban J connectivity index is 2.20. The van der Waals surface area contributed by atoms with Gasteiger partial charge in [0.05, 0.1) is 6.07 Å². The Morgan fingerprint density at radius 1 is 1.42 bits per heavy atom. The second kappa shape index (κ2) is 6.61. The number of hydrogen-bond donors (Lipinski definition) is 0. The van der Waals surface area contributed by atoms with Gasteiger partial charge in [0.1, 0.15) is 11.5 Å². The molecule has 0 saturated carbocycles. The standard InChI is InChI=1S/C17H23NO/c1-3-8-15-14-10-4-5-11-16(14)19-17(15)13(2)9-6-7-12-18/h3,13H,1,4-11H2,2H3. The predicted molar refractivity (Wildman–Crippen MR) is 77.1 cm³/mol. The predicted octanol–water partition coefficient (Wildman–Crippen LogP) is 4.68. The number of allylic oxidation sites excluding steroid dienone is 1. The number of nitrogens with zero attached hydrogens (tertiary/aromatic N) is 1. The third-order valence-electron chi connectivity index (χ3n) is 4.03. The molecule has 1 aromatic heterocycles. The van der Waals surface area contributed by atoms with E-state index in [0.29, 0.717) is 12.3 Å². The van der Waals surface area contributed by atoms with Crippen molar-refractivity contribution in [3.05, 3.63) is 35.3 Å². The van der Waals surface area contributed by atoms with Crippen LogP contribution in [0, 0.1) is 11.3 Å². The van der Waals surface area contributed by atoms with Crippen LogP contribution >= 0.6 is 0 Å². The van der Waals surface area contributed by atoms with Crippen molar-refractivity contribution < 1.29 is 4.42 Å². The van der Waals surface area contributed by atoms with Gasteiger partial charge in [-0.1, -0.05) is 13.0 Å². The number of unbranched alkanes of at least 4 members (excludes halogenated alkanes) is 1. The molecule has 0 aliphatic heterocycles. The summed E-state index contributed by atoms with van der Waals surface area (Å²) in [6.07, 6.45) is 10.3. The second-order valence-electron chi connectivity index (χ2n) is 5.50. The summed E-state index contributed by atoms with van der Waals surface area (Å²) in [5.74, 6) is 2.78. The number of rotatable bonds is 6. The van der Waals surface area contributed by atoms with Gasteiger partial charge >= 0.3 is 0 Å². The molecule has 2 heteroatoms. The molecule has 0 aromatic carbocycles. The SMILES string of the molecule is C=CCc1c(C(C)CCCC#N)oc2c1CCCC2. The summed E-state index contributed by atoms with van der Waals surface area (Å²) < 4.78 is 6.15. The molecular weight excluding hydrogens is 234 g/mol. The second-order valence-corrected chi connectivity index (χ2v) is 5.50. The molecule has 1 unspecified atom stereocenters. The number of hydrogen-bond acceptors (Lipinski definition) is 2. The lowest BCUT2D eigenvalue weighted by molar-refractivity contribution is 0.411. The third-order valence-corrected chi connectivity index (χ3v) is 4.03. The van der Waals surface area contributed by atoms with E-state index in [1.807, 2.05) is 6.08 Å². The lowest BCUT2D eigenvalue weighted by atomic mass is 9.90. The monoisotopic (exact) mass is 257 g/mol. The smallest absolute Gasteiger partial charge is 0.110 e. The van der Waals surface area contributed by atoms with Crippen LogP contribution in [0.2, 0.25) is 0 Å². The fraction of sp³-hybridized carbons (Fsp3) is 0.588. The molecule has 0 N–H and O–H groups in total. The van der Waals surface area contributed by atoms with Crippen molar-refractivity contribution in [3.63, 3.8) is 0 Å². The molecule has 1 aliphatic carbocycles. The van der Waals surface area contributed by atoms with Crippen LogP contribution in [0.4, 0.5) is 0 Å². The molecule has 0 amide bonds. The minimum absolute atomic E-state index is 0.411. The number of fused-ring (bicyclic) bond motifs is 1. The van der Waals surface area contributed by atoms with Gasteiger partial charge in [-0.2, -0.15) is 5.26 Å². The summed E-state index contributed by atoms with van der Waals surface area (Å²) in [4.78, 5) is 0. The highest BCUT2D eigenvalue weighted by molar-refractivity contribution is 5.38. The quantitative estimate of drug-likeness (QED) is 0.548. The highest BCUT2D eigenvalue weighted by Gasteiger charge is 2.24. The Kier molecular flexibility index (Phi) is 4.85. The molecule has 102 valence electrons. The van der Waals surface area contributed by atoms with E-state index >= 15 is 0 Å². The molecule has 2 nitrogen and oxygen atoms in total. The molecule has 0 radical (unpaired) electrons. The average Bonchev–Trinajstić information content (AvgIpc) is 2.79. The maximum absolute atomic E-state index is 8.63. The van der Waals surface area contributed by atoms with Crippen molar-refractivity contribution in [2.24, 2.45) is 0 Å². The van der Waals surface area contributed by atoms with Gasteiger partial charge in [-0.3, -0.25) is 0 Å². The molecule has 0 bridgehead atoms. The first-order valence-electron chi connectivity index (χ1n) is 7.39. The molecule has 1 heterocycles. The van der Waals surface area contributed by atoms with E-state index in [-0.39, 0.29) is 0 Å². The average molecular weight is 257 g/mol. The van der Waals surface area contributed by atoms with Crippen molar-refractivity contribution in [2.75, 3.05) is 0 Å². The minimum Gasteiger partial charge on any atom is -0.465 e. The molecule has 0 saturated heterocycles.